The summed E-state index contributed by atoms with van der Waals surface area (Å²) in [5.74, 6) is 0.454. The van der Waals surface area contributed by atoms with Gasteiger partial charge in [-0.1, -0.05) is 20.4 Å². The maximum absolute atomic E-state index is 11.1. The highest BCUT2D eigenvalue weighted by Gasteiger charge is 2.32. The summed E-state index contributed by atoms with van der Waals surface area (Å²) in [5.41, 5.74) is 0. The molecule has 1 fully saturated rings. The van der Waals surface area contributed by atoms with Gasteiger partial charge in [0.15, 0.2) is 5.78 Å². The van der Waals surface area contributed by atoms with Gasteiger partial charge in [0, 0.05) is 18.0 Å². The van der Waals surface area contributed by atoms with Crippen LogP contribution >= 0.6 is 0 Å². The standard InChI is InChI=1S/C10H17NO/c1-4-10(12)8-5-9(6-8)11-7(2)3/h4,7-9,11H,1,5-6H2,2-3H3. The van der Waals surface area contributed by atoms with Crippen LogP contribution in [0.3, 0.4) is 0 Å². The van der Waals surface area contributed by atoms with Crippen LogP contribution in [0.1, 0.15) is 26.7 Å². The third-order valence-corrected chi connectivity index (χ3v) is 2.31. The lowest BCUT2D eigenvalue weighted by Gasteiger charge is -2.35. The van der Waals surface area contributed by atoms with Crippen LogP contribution in [0, 0.1) is 5.92 Å². The summed E-state index contributed by atoms with van der Waals surface area (Å²) in [6, 6.07) is 1.08. The monoisotopic (exact) mass is 167 g/mol. The first kappa shape index (κ1) is 9.46. The normalized spacial score (nSPS) is 28.2. The highest BCUT2D eigenvalue weighted by Crippen LogP contribution is 2.28. The van der Waals surface area contributed by atoms with Gasteiger partial charge < -0.3 is 5.32 Å². The van der Waals surface area contributed by atoms with Crippen molar-refractivity contribution < 1.29 is 4.79 Å². The fourth-order valence-corrected chi connectivity index (χ4v) is 1.62. The van der Waals surface area contributed by atoms with E-state index in [4.69, 9.17) is 0 Å². The van der Waals surface area contributed by atoms with Gasteiger partial charge in [0.05, 0.1) is 0 Å². The highest BCUT2D eigenvalue weighted by atomic mass is 16.1. The molecule has 0 aliphatic heterocycles. The third kappa shape index (κ3) is 2.18. The predicted molar refractivity (Wildman–Crippen MR) is 50.0 cm³/mol. The van der Waals surface area contributed by atoms with Crippen LogP contribution in [0.4, 0.5) is 0 Å². The van der Waals surface area contributed by atoms with Crippen molar-refractivity contribution in [1.82, 2.24) is 5.32 Å². The second kappa shape index (κ2) is 3.85. The maximum atomic E-state index is 11.1. The largest absolute Gasteiger partial charge is 0.312 e. The van der Waals surface area contributed by atoms with E-state index >= 15 is 0 Å². The molecule has 2 nitrogen and oxygen atoms in total. The van der Waals surface area contributed by atoms with E-state index in [-0.39, 0.29) is 11.7 Å². The van der Waals surface area contributed by atoms with E-state index in [1.165, 1.54) is 6.08 Å². The average Bonchev–Trinajstić information content (AvgIpc) is 1.94. The molecule has 1 saturated carbocycles. The van der Waals surface area contributed by atoms with Crippen LogP contribution in [0.25, 0.3) is 0 Å². The van der Waals surface area contributed by atoms with Crippen molar-refractivity contribution in [1.29, 1.82) is 0 Å². The van der Waals surface area contributed by atoms with E-state index in [9.17, 15) is 4.79 Å². The molecule has 0 aromatic rings. The van der Waals surface area contributed by atoms with Crippen molar-refractivity contribution in [2.75, 3.05) is 0 Å². The molecule has 0 aromatic carbocycles. The minimum absolute atomic E-state index is 0.205. The Balaban J connectivity index is 2.19. The summed E-state index contributed by atoms with van der Waals surface area (Å²) in [4.78, 5) is 11.1. The van der Waals surface area contributed by atoms with Gasteiger partial charge in [-0.15, -0.1) is 0 Å². The van der Waals surface area contributed by atoms with E-state index in [0.717, 1.165) is 12.8 Å². The van der Waals surface area contributed by atoms with Gasteiger partial charge in [0.2, 0.25) is 0 Å². The first-order chi connectivity index (χ1) is 5.63. The second-order valence-corrected chi connectivity index (χ2v) is 3.79. The Hall–Kier alpha value is -0.630. The number of hydrogen-bond donors (Lipinski definition) is 1. The van der Waals surface area contributed by atoms with Crippen molar-refractivity contribution in [3.63, 3.8) is 0 Å². The number of allylic oxidation sites excluding steroid dienone is 1. The van der Waals surface area contributed by atoms with Crippen molar-refractivity contribution >= 4 is 5.78 Å². The molecule has 0 unspecified atom stereocenters. The molecule has 68 valence electrons. The molecule has 1 rings (SSSR count). The van der Waals surface area contributed by atoms with E-state index in [1.807, 2.05) is 0 Å². The molecule has 1 N–H and O–H groups in total. The van der Waals surface area contributed by atoms with Crippen LogP contribution in [-0.2, 0) is 4.79 Å². The smallest absolute Gasteiger partial charge is 0.158 e. The van der Waals surface area contributed by atoms with Crippen LogP contribution < -0.4 is 5.32 Å². The fourth-order valence-electron chi connectivity index (χ4n) is 1.62. The lowest BCUT2D eigenvalue weighted by atomic mass is 9.77. The molecule has 0 saturated heterocycles. The van der Waals surface area contributed by atoms with Crippen molar-refractivity contribution in [2.45, 2.75) is 38.8 Å². The maximum Gasteiger partial charge on any atom is 0.158 e. The highest BCUT2D eigenvalue weighted by molar-refractivity contribution is 5.91. The lowest BCUT2D eigenvalue weighted by Crippen LogP contribution is -2.46. The number of carbonyl (C=O) groups is 1. The summed E-state index contributed by atoms with van der Waals surface area (Å²) in [6.07, 6.45) is 3.42. The summed E-state index contributed by atoms with van der Waals surface area (Å²) in [7, 11) is 0. The van der Waals surface area contributed by atoms with Gasteiger partial charge >= 0.3 is 0 Å². The van der Waals surface area contributed by atoms with Crippen LogP contribution in [-0.4, -0.2) is 17.9 Å². The van der Waals surface area contributed by atoms with Crippen molar-refractivity contribution in [3.05, 3.63) is 12.7 Å². The Labute approximate surface area is 74.0 Å². The van der Waals surface area contributed by atoms with Crippen LogP contribution in [0.15, 0.2) is 12.7 Å². The summed E-state index contributed by atoms with van der Waals surface area (Å²) in [5, 5.41) is 3.40. The summed E-state index contributed by atoms with van der Waals surface area (Å²) in [6.45, 7) is 7.73. The number of rotatable bonds is 4. The number of hydrogen-bond acceptors (Lipinski definition) is 2. The molecule has 0 atom stereocenters. The minimum Gasteiger partial charge on any atom is -0.312 e. The molecule has 1 aliphatic rings. The SMILES string of the molecule is C=CC(=O)C1CC(NC(C)C)C1. The van der Waals surface area contributed by atoms with Gasteiger partial charge in [0.1, 0.15) is 0 Å². The fraction of sp³-hybridized carbons (Fsp3) is 0.700. The number of carbonyl (C=O) groups excluding carboxylic acids is 1. The minimum atomic E-state index is 0.205. The lowest BCUT2D eigenvalue weighted by molar-refractivity contribution is -0.121. The first-order valence-corrected chi connectivity index (χ1v) is 4.55. The van der Waals surface area contributed by atoms with Gasteiger partial charge in [-0.3, -0.25) is 4.79 Å². The molecular formula is C10H17NO. The third-order valence-electron chi connectivity index (χ3n) is 2.31. The molecule has 2 heteroatoms. The first-order valence-electron chi connectivity index (χ1n) is 4.55. The summed E-state index contributed by atoms with van der Waals surface area (Å²) >= 11 is 0. The van der Waals surface area contributed by atoms with Gasteiger partial charge in [0.25, 0.3) is 0 Å². The van der Waals surface area contributed by atoms with Crippen molar-refractivity contribution in [2.24, 2.45) is 5.92 Å². The van der Waals surface area contributed by atoms with E-state index < -0.39 is 0 Å². The summed E-state index contributed by atoms with van der Waals surface area (Å²) < 4.78 is 0. The topological polar surface area (TPSA) is 29.1 Å². The Bertz CT molecular complexity index is 180. The Morgan fingerprint density at radius 2 is 2.17 bits per heavy atom. The zero-order chi connectivity index (χ0) is 9.14. The van der Waals surface area contributed by atoms with Gasteiger partial charge in [-0.25, -0.2) is 0 Å². The van der Waals surface area contributed by atoms with Crippen LogP contribution in [0.5, 0.6) is 0 Å². The molecule has 0 heterocycles. The number of nitrogens with one attached hydrogen (secondary N) is 1. The molecule has 0 amide bonds. The zero-order valence-electron chi connectivity index (χ0n) is 7.84. The molecule has 12 heavy (non-hydrogen) atoms. The second-order valence-electron chi connectivity index (χ2n) is 3.79. The van der Waals surface area contributed by atoms with E-state index in [0.29, 0.717) is 12.1 Å². The molecule has 0 aromatic heterocycles. The molecule has 0 spiro atoms. The molecule has 0 radical (unpaired) electrons. The zero-order valence-corrected chi connectivity index (χ0v) is 7.84. The van der Waals surface area contributed by atoms with E-state index in [1.54, 1.807) is 0 Å². The van der Waals surface area contributed by atoms with E-state index in [2.05, 4.69) is 25.7 Å². The molecule has 0 bridgehead atoms. The quantitative estimate of drug-likeness (QED) is 0.643. The number of ketones is 1. The predicted octanol–water partition coefficient (Wildman–Crippen LogP) is 1.52. The molecular weight excluding hydrogens is 150 g/mol. The van der Waals surface area contributed by atoms with Gasteiger partial charge in [-0.05, 0) is 18.9 Å². The molecule has 1 aliphatic carbocycles. The van der Waals surface area contributed by atoms with Gasteiger partial charge in [-0.2, -0.15) is 0 Å². The average molecular weight is 167 g/mol. The van der Waals surface area contributed by atoms with Crippen LogP contribution in [0.2, 0.25) is 0 Å². The Kier molecular flexibility index (Phi) is 3.04. The van der Waals surface area contributed by atoms with Crippen molar-refractivity contribution in [3.8, 4) is 0 Å². The Morgan fingerprint density at radius 1 is 1.58 bits per heavy atom. The Morgan fingerprint density at radius 3 is 2.58 bits per heavy atom.